The van der Waals surface area contributed by atoms with Crippen molar-refractivity contribution in [2.45, 2.75) is 38.5 Å². The van der Waals surface area contributed by atoms with Gasteiger partial charge in [-0.25, -0.2) is 0 Å². The molecule has 2 fully saturated rings. The van der Waals surface area contributed by atoms with Crippen molar-refractivity contribution in [2.24, 2.45) is 5.41 Å². The quantitative estimate of drug-likeness (QED) is 0.855. The zero-order valence-corrected chi connectivity index (χ0v) is 13.2. The molecule has 22 heavy (non-hydrogen) atoms. The number of nitrogens with one attached hydrogen (secondary N) is 2. The van der Waals surface area contributed by atoms with Crippen molar-refractivity contribution in [1.29, 1.82) is 0 Å². The molecule has 6 nitrogen and oxygen atoms in total. The Balaban J connectivity index is 1.73. The summed E-state index contributed by atoms with van der Waals surface area (Å²) < 4.78 is 10.9. The number of nitrogens with zero attached hydrogens (tertiary/aromatic N) is 1. The highest BCUT2D eigenvalue weighted by Gasteiger charge is 2.40. The monoisotopic (exact) mass is 307 g/mol. The molecule has 2 aliphatic heterocycles. The van der Waals surface area contributed by atoms with Crippen molar-refractivity contribution in [2.75, 3.05) is 32.8 Å². The predicted octanol–water partition coefficient (Wildman–Crippen LogP) is 1.23. The fourth-order valence-corrected chi connectivity index (χ4v) is 3.44. The van der Waals surface area contributed by atoms with Crippen molar-refractivity contribution >= 4 is 5.91 Å². The zero-order chi connectivity index (χ0) is 15.4. The Hall–Kier alpha value is -1.40. The minimum Gasteiger partial charge on any atom is -0.381 e. The zero-order valence-electron chi connectivity index (χ0n) is 13.2. The van der Waals surface area contributed by atoms with Gasteiger partial charge in [-0.05, 0) is 39.3 Å². The maximum Gasteiger partial charge on any atom is 0.226 e. The topological polar surface area (TPSA) is 76.4 Å². The molecule has 0 bridgehead atoms. The number of amides is 1. The predicted molar refractivity (Wildman–Crippen MR) is 81.6 cm³/mol. The summed E-state index contributed by atoms with van der Waals surface area (Å²) in [6, 6.07) is 2.02. The summed E-state index contributed by atoms with van der Waals surface area (Å²) in [5.41, 5.74) is 0.594. The maximum absolute atomic E-state index is 12.6. The summed E-state index contributed by atoms with van der Waals surface area (Å²) in [5, 5.41) is 10.5. The first-order chi connectivity index (χ1) is 10.7. The number of carbonyl (C=O) groups excluding carboxylic acids is 1. The molecule has 1 aromatic rings. The van der Waals surface area contributed by atoms with E-state index < -0.39 is 0 Å². The molecule has 1 amide bonds. The molecular weight excluding hydrogens is 282 g/mol. The smallest absolute Gasteiger partial charge is 0.226 e. The number of hydrogen-bond acceptors (Lipinski definition) is 5. The minimum atomic E-state index is -0.371. The van der Waals surface area contributed by atoms with E-state index in [2.05, 4.69) is 15.8 Å². The Labute approximate surface area is 131 Å². The molecule has 2 aliphatic rings. The second-order valence-electron chi connectivity index (χ2n) is 6.35. The molecule has 1 atom stereocenters. The summed E-state index contributed by atoms with van der Waals surface area (Å²) in [7, 11) is 0. The van der Waals surface area contributed by atoms with Crippen LogP contribution in [0.1, 0.15) is 43.6 Å². The number of rotatable bonds is 5. The van der Waals surface area contributed by atoms with Crippen molar-refractivity contribution < 1.29 is 14.1 Å². The van der Waals surface area contributed by atoms with Crippen LogP contribution in [0.4, 0.5) is 0 Å². The van der Waals surface area contributed by atoms with Crippen molar-refractivity contribution in [1.82, 2.24) is 15.8 Å². The lowest BCUT2D eigenvalue weighted by molar-refractivity contribution is -0.132. The van der Waals surface area contributed by atoms with Gasteiger partial charge < -0.3 is 19.9 Å². The van der Waals surface area contributed by atoms with Gasteiger partial charge in [0.15, 0.2) is 0 Å². The van der Waals surface area contributed by atoms with E-state index >= 15 is 0 Å². The van der Waals surface area contributed by atoms with Gasteiger partial charge in [0.05, 0.1) is 17.7 Å². The average Bonchev–Trinajstić information content (AvgIpc) is 3.19. The molecule has 6 heteroatoms. The summed E-state index contributed by atoms with van der Waals surface area (Å²) in [6.45, 7) is 5.87. The number of ether oxygens (including phenoxy) is 1. The van der Waals surface area contributed by atoms with Crippen LogP contribution in [0.3, 0.4) is 0 Å². The van der Waals surface area contributed by atoms with Crippen LogP contribution < -0.4 is 10.6 Å². The van der Waals surface area contributed by atoms with Crippen LogP contribution in [0, 0.1) is 5.41 Å². The molecule has 3 heterocycles. The Kier molecular flexibility index (Phi) is 4.78. The van der Waals surface area contributed by atoms with Gasteiger partial charge in [0.1, 0.15) is 5.76 Å². The van der Waals surface area contributed by atoms with E-state index in [4.69, 9.17) is 9.26 Å². The van der Waals surface area contributed by atoms with Gasteiger partial charge in [-0.1, -0.05) is 5.16 Å². The minimum absolute atomic E-state index is 0.138. The first-order valence-electron chi connectivity index (χ1n) is 8.26. The average molecular weight is 307 g/mol. The Morgan fingerprint density at radius 3 is 3.00 bits per heavy atom. The fraction of sp³-hybridized carbons (Fsp3) is 0.750. The van der Waals surface area contributed by atoms with Crippen LogP contribution in [0.5, 0.6) is 0 Å². The van der Waals surface area contributed by atoms with Gasteiger partial charge in [0, 0.05) is 31.6 Å². The number of hydrogen-bond donors (Lipinski definition) is 2. The number of carbonyl (C=O) groups is 1. The highest BCUT2D eigenvalue weighted by atomic mass is 16.5. The third kappa shape index (κ3) is 3.17. The first kappa shape index (κ1) is 15.5. The van der Waals surface area contributed by atoms with E-state index in [0.717, 1.165) is 57.0 Å². The van der Waals surface area contributed by atoms with E-state index in [9.17, 15) is 4.79 Å². The summed E-state index contributed by atoms with van der Waals surface area (Å²) >= 11 is 0. The second kappa shape index (κ2) is 6.79. The van der Waals surface area contributed by atoms with Crippen LogP contribution in [0.25, 0.3) is 0 Å². The molecular formula is C16H25N3O3. The lowest BCUT2D eigenvalue weighted by Gasteiger charge is -2.35. The number of aromatic nitrogens is 1. The highest BCUT2D eigenvalue weighted by molar-refractivity contribution is 5.83. The van der Waals surface area contributed by atoms with E-state index in [1.54, 1.807) is 0 Å². The van der Waals surface area contributed by atoms with Gasteiger partial charge in [0.25, 0.3) is 0 Å². The van der Waals surface area contributed by atoms with E-state index in [1.165, 1.54) is 0 Å². The normalized spacial score (nSPS) is 24.3. The lowest BCUT2D eigenvalue weighted by Crippen LogP contribution is -2.48. The van der Waals surface area contributed by atoms with Crippen LogP contribution >= 0.6 is 0 Å². The third-order valence-corrected chi connectivity index (χ3v) is 4.82. The van der Waals surface area contributed by atoms with Crippen molar-refractivity contribution in [3.05, 3.63) is 17.5 Å². The van der Waals surface area contributed by atoms with Crippen LogP contribution in [-0.2, 0) is 16.0 Å². The third-order valence-electron chi connectivity index (χ3n) is 4.82. The van der Waals surface area contributed by atoms with Crippen LogP contribution in [0.2, 0.25) is 0 Å². The molecule has 0 saturated carbocycles. The molecule has 2 N–H and O–H groups in total. The van der Waals surface area contributed by atoms with Gasteiger partial charge in [-0.15, -0.1) is 0 Å². The summed E-state index contributed by atoms with van der Waals surface area (Å²) in [5.74, 6) is 1.29. The van der Waals surface area contributed by atoms with Gasteiger partial charge in [-0.2, -0.15) is 0 Å². The Morgan fingerprint density at radius 2 is 2.32 bits per heavy atom. The van der Waals surface area contributed by atoms with Crippen LogP contribution in [0.15, 0.2) is 10.6 Å². The van der Waals surface area contributed by atoms with E-state index in [-0.39, 0.29) is 11.3 Å². The Morgan fingerprint density at radius 1 is 1.50 bits per heavy atom. The fourth-order valence-electron chi connectivity index (χ4n) is 3.44. The van der Waals surface area contributed by atoms with Crippen molar-refractivity contribution in [3.8, 4) is 0 Å². The van der Waals surface area contributed by atoms with Crippen LogP contribution in [-0.4, -0.2) is 43.9 Å². The van der Waals surface area contributed by atoms with Gasteiger partial charge in [-0.3, -0.25) is 4.79 Å². The molecule has 0 unspecified atom stereocenters. The summed E-state index contributed by atoms with van der Waals surface area (Å²) in [4.78, 5) is 12.6. The second-order valence-corrected chi connectivity index (χ2v) is 6.35. The summed E-state index contributed by atoms with van der Waals surface area (Å²) in [6.07, 6.45) is 3.29. The first-order valence-corrected chi connectivity index (χ1v) is 8.26. The van der Waals surface area contributed by atoms with E-state index in [1.807, 2.05) is 13.0 Å². The van der Waals surface area contributed by atoms with Gasteiger partial charge in [0.2, 0.25) is 5.91 Å². The SMILES string of the molecule is CCNC(=O)C1(Cc2cc([C@H]3CCOC3)no2)CCNCC1. The number of piperidine rings is 1. The maximum atomic E-state index is 12.6. The molecule has 3 rings (SSSR count). The molecule has 0 spiro atoms. The largest absolute Gasteiger partial charge is 0.381 e. The molecule has 0 radical (unpaired) electrons. The molecule has 1 aromatic heterocycles. The van der Waals surface area contributed by atoms with Gasteiger partial charge >= 0.3 is 0 Å². The highest BCUT2D eigenvalue weighted by Crippen LogP contribution is 2.34. The lowest BCUT2D eigenvalue weighted by atomic mass is 9.74. The standard InChI is InChI=1S/C16H25N3O3/c1-2-18-15(20)16(4-6-17-7-5-16)10-13-9-14(19-22-13)12-3-8-21-11-12/h9,12,17H,2-8,10-11H2,1H3,(H,18,20)/t12-/m0/s1. The molecule has 0 aliphatic carbocycles. The Bertz CT molecular complexity index is 502. The van der Waals surface area contributed by atoms with E-state index in [0.29, 0.717) is 18.9 Å². The van der Waals surface area contributed by atoms with Crippen molar-refractivity contribution in [3.63, 3.8) is 0 Å². The molecule has 122 valence electrons. The molecule has 0 aromatic carbocycles. The molecule has 2 saturated heterocycles.